The van der Waals surface area contributed by atoms with Crippen molar-refractivity contribution in [2.75, 3.05) is 6.54 Å². The van der Waals surface area contributed by atoms with Gasteiger partial charge in [-0.05, 0) is 69.8 Å². The van der Waals surface area contributed by atoms with Crippen LogP contribution in [-0.2, 0) is 14.3 Å². The SMILES string of the molecule is Cc1cc(=O)c2c(O)c3c(cc2o1)OC(C)(C)[C@@H]1OC(=O)[C@@]2(C[C@H](O)CC[C@@H]31)O[C@@H]2CCC1=CC(C2=CCNC(N)=C2)NC(N)=C1. The van der Waals surface area contributed by atoms with Crippen molar-refractivity contribution >= 4 is 16.9 Å². The molecule has 2 aromatic rings. The molecular weight excluding hydrogens is 592 g/mol. The van der Waals surface area contributed by atoms with Gasteiger partial charge in [-0.3, -0.25) is 4.79 Å². The van der Waals surface area contributed by atoms with Crippen molar-refractivity contribution in [1.29, 1.82) is 0 Å². The van der Waals surface area contributed by atoms with Gasteiger partial charge in [0.1, 0.15) is 39.9 Å². The van der Waals surface area contributed by atoms with Gasteiger partial charge in [-0.15, -0.1) is 0 Å². The summed E-state index contributed by atoms with van der Waals surface area (Å²) in [5.74, 6) is 0.507. The van der Waals surface area contributed by atoms with Crippen molar-refractivity contribution in [2.24, 2.45) is 11.5 Å². The average Bonchev–Trinajstić information content (AvgIpc) is 3.67. The molecule has 244 valence electrons. The Morgan fingerprint density at radius 3 is 2.70 bits per heavy atom. The third-order valence-corrected chi connectivity index (χ3v) is 9.72. The van der Waals surface area contributed by atoms with Crippen LogP contribution in [0.3, 0.4) is 0 Å². The molecule has 0 amide bonds. The summed E-state index contributed by atoms with van der Waals surface area (Å²) in [5, 5.41) is 29.0. The number of ether oxygens (including phenoxy) is 3. The number of esters is 1. The van der Waals surface area contributed by atoms with E-state index in [1.807, 2.05) is 26.0 Å². The van der Waals surface area contributed by atoms with Gasteiger partial charge >= 0.3 is 5.97 Å². The monoisotopic (exact) mass is 632 g/mol. The van der Waals surface area contributed by atoms with Crippen LogP contribution in [0.25, 0.3) is 11.0 Å². The third kappa shape index (κ3) is 5.19. The van der Waals surface area contributed by atoms with Gasteiger partial charge < -0.3 is 50.9 Å². The summed E-state index contributed by atoms with van der Waals surface area (Å²) >= 11 is 0. The number of aliphatic hydroxyl groups excluding tert-OH is 1. The van der Waals surface area contributed by atoms with Crippen LogP contribution < -0.4 is 32.3 Å². The van der Waals surface area contributed by atoms with Crippen molar-refractivity contribution in [3.05, 3.63) is 80.8 Å². The number of rotatable bonds is 4. The Labute approximate surface area is 265 Å². The van der Waals surface area contributed by atoms with E-state index in [0.29, 0.717) is 60.9 Å². The minimum absolute atomic E-state index is 0.0419. The van der Waals surface area contributed by atoms with Crippen LogP contribution in [0.1, 0.15) is 63.2 Å². The first-order chi connectivity index (χ1) is 21.8. The molecule has 1 aromatic heterocycles. The molecule has 1 spiro atoms. The van der Waals surface area contributed by atoms with E-state index in [1.165, 1.54) is 6.07 Å². The Balaban J connectivity index is 1.14. The molecule has 0 aliphatic carbocycles. The summed E-state index contributed by atoms with van der Waals surface area (Å²) in [5.41, 5.74) is 12.1. The fourth-order valence-corrected chi connectivity index (χ4v) is 7.50. The number of hydrogen-bond acceptors (Lipinski definition) is 12. The van der Waals surface area contributed by atoms with E-state index in [-0.39, 0.29) is 34.6 Å². The molecule has 12 heteroatoms. The molecule has 8 N–H and O–H groups in total. The number of aryl methyl sites for hydroxylation is 1. The second-order valence-corrected chi connectivity index (χ2v) is 13.5. The minimum Gasteiger partial charge on any atom is -0.507 e. The van der Waals surface area contributed by atoms with Crippen molar-refractivity contribution in [3.8, 4) is 11.5 Å². The number of aliphatic hydroxyl groups is 1. The predicted octanol–water partition coefficient (Wildman–Crippen LogP) is 2.46. The average molecular weight is 633 g/mol. The maximum atomic E-state index is 14.0. The molecule has 1 aromatic carbocycles. The fraction of sp³-hybridized carbons (Fsp3) is 0.471. The number of aromatic hydroxyl groups is 1. The normalized spacial score (nSPS) is 31.6. The number of phenols is 1. The number of nitrogens with two attached hydrogens (primary N) is 2. The molecule has 2 saturated heterocycles. The molecule has 6 atom stereocenters. The lowest BCUT2D eigenvalue weighted by Gasteiger charge is -2.44. The number of phenolic OH excluding ortho intramolecular Hbond substituents is 1. The maximum absolute atomic E-state index is 14.0. The lowest BCUT2D eigenvalue weighted by molar-refractivity contribution is -0.171. The summed E-state index contributed by atoms with van der Waals surface area (Å²) < 4.78 is 24.4. The van der Waals surface area contributed by atoms with Crippen LogP contribution in [0.2, 0.25) is 0 Å². The highest BCUT2D eigenvalue weighted by Gasteiger charge is 2.65. The van der Waals surface area contributed by atoms with E-state index in [2.05, 4.69) is 22.8 Å². The van der Waals surface area contributed by atoms with E-state index in [4.69, 9.17) is 30.1 Å². The van der Waals surface area contributed by atoms with E-state index >= 15 is 0 Å². The second-order valence-electron chi connectivity index (χ2n) is 13.5. The van der Waals surface area contributed by atoms with E-state index < -0.39 is 41.4 Å². The summed E-state index contributed by atoms with van der Waals surface area (Å²) in [6.45, 7) is 5.93. The zero-order valence-electron chi connectivity index (χ0n) is 26.1. The highest BCUT2D eigenvalue weighted by atomic mass is 16.7. The summed E-state index contributed by atoms with van der Waals surface area (Å²) in [6.07, 6.45) is 7.64. The molecule has 0 saturated carbocycles. The largest absolute Gasteiger partial charge is 0.507 e. The number of benzene rings is 1. The Morgan fingerprint density at radius 2 is 1.91 bits per heavy atom. The Morgan fingerprint density at radius 1 is 1.11 bits per heavy atom. The molecule has 2 fully saturated rings. The third-order valence-electron chi connectivity index (χ3n) is 9.72. The van der Waals surface area contributed by atoms with Gasteiger partial charge in [0.05, 0.1) is 29.9 Å². The van der Waals surface area contributed by atoms with Gasteiger partial charge in [0.25, 0.3) is 0 Å². The molecule has 46 heavy (non-hydrogen) atoms. The fourth-order valence-electron chi connectivity index (χ4n) is 7.50. The van der Waals surface area contributed by atoms with Gasteiger partial charge in [-0.25, -0.2) is 4.79 Å². The number of epoxide rings is 1. The number of carbonyl (C=O) groups is 1. The Hall–Kier alpha value is -4.42. The lowest BCUT2D eigenvalue weighted by atomic mass is 9.77. The summed E-state index contributed by atoms with van der Waals surface area (Å²) in [6, 6.07) is 2.80. The van der Waals surface area contributed by atoms with Crippen molar-refractivity contribution < 1.29 is 33.6 Å². The summed E-state index contributed by atoms with van der Waals surface area (Å²) in [4.78, 5) is 26.8. The summed E-state index contributed by atoms with van der Waals surface area (Å²) in [7, 11) is 0. The Bertz CT molecular complexity index is 1810. The first kappa shape index (κ1) is 30.2. The highest BCUT2D eigenvalue weighted by Crippen LogP contribution is 2.54. The van der Waals surface area contributed by atoms with Gasteiger partial charge in [0.2, 0.25) is 0 Å². The topological polar surface area (TPSA) is 195 Å². The number of carbonyl (C=O) groups excluding carboxylic acids is 1. The van der Waals surface area contributed by atoms with Crippen LogP contribution in [0.5, 0.6) is 11.5 Å². The molecule has 7 rings (SSSR count). The van der Waals surface area contributed by atoms with Crippen LogP contribution >= 0.6 is 0 Å². The Kier molecular flexibility index (Phi) is 7.13. The maximum Gasteiger partial charge on any atom is 0.341 e. The van der Waals surface area contributed by atoms with Crippen molar-refractivity contribution in [2.45, 2.75) is 94.3 Å². The molecule has 5 aliphatic heterocycles. The van der Waals surface area contributed by atoms with E-state index in [9.17, 15) is 19.8 Å². The predicted molar refractivity (Wildman–Crippen MR) is 169 cm³/mol. The van der Waals surface area contributed by atoms with Crippen molar-refractivity contribution in [3.63, 3.8) is 0 Å². The standard InChI is InChI=1S/C34H40N4O8/c1-16-10-22(40)29-23(43-16)14-24-28(30(29)41)20-6-5-19(39)15-34(32(42)44-31(20)33(2,3)45-24)25(46-34)7-4-17-11-21(38-27(36)12-17)18-8-9-37-26(35)13-18/h8,10-14,19-21,25,31,37-39,41H,4-7,9,15,35-36H2,1-3H3/t19-,20+,21?,25-,31-,34+/m1/s1. The molecular formula is C34H40N4O8. The van der Waals surface area contributed by atoms with Crippen LogP contribution in [0, 0.1) is 6.92 Å². The molecule has 12 nitrogen and oxygen atoms in total. The van der Waals surface area contributed by atoms with Gasteiger partial charge in [0, 0.05) is 36.6 Å². The highest BCUT2D eigenvalue weighted by molar-refractivity contribution is 5.88. The lowest BCUT2D eigenvalue weighted by Crippen LogP contribution is -2.52. The zero-order chi connectivity index (χ0) is 32.5. The van der Waals surface area contributed by atoms with Crippen molar-refractivity contribution in [1.82, 2.24) is 10.6 Å². The van der Waals surface area contributed by atoms with Gasteiger partial charge in [-0.1, -0.05) is 12.2 Å². The minimum atomic E-state index is -1.30. The molecule has 1 unspecified atom stereocenters. The van der Waals surface area contributed by atoms with Gasteiger partial charge in [-0.2, -0.15) is 0 Å². The van der Waals surface area contributed by atoms with E-state index in [1.54, 1.807) is 13.0 Å². The van der Waals surface area contributed by atoms with Gasteiger partial charge in [0.15, 0.2) is 11.0 Å². The molecule has 0 bridgehead atoms. The first-order valence-corrected chi connectivity index (χ1v) is 15.8. The number of nitrogens with one attached hydrogen (secondary N) is 2. The molecule has 0 radical (unpaired) electrons. The number of dihydropyridines is 2. The molecule has 6 heterocycles. The number of allylic oxidation sites excluding steroid dienone is 2. The van der Waals surface area contributed by atoms with Crippen LogP contribution in [0.15, 0.2) is 68.4 Å². The van der Waals surface area contributed by atoms with E-state index in [0.717, 1.165) is 11.1 Å². The first-order valence-electron chi connectivity index (χ1n) is 15.8. The van der Waals surface area contributed by atoms with Crippen LogP contribution in [0.4, 0.5) is 0 Å². The number of hydrogen-bond donors (Lipinski definition) is 6. The molecule has 5 aliphatic rings. The zero-order valence-corrected chi connectivity index (χ0v) is 26.1. The van der Waals surface area contributed by atoms with Crippen LogP contribution in [-0.4, -0.2) is 58.3 Å². The quantitative estimate of drug-likeness (QED) is 0.213. The number of fused-ring (bicyclic) bond motifs is 4. The second kappa shape index (κ2) is 10.8. The smallest absolute Gasteiger partial charge is 0.341 e.